The van der Waals surface area contributed by atoms with E-state index in [0.717, 1.165) is 83.5 Å². The molecule has 1 fully saturated rings. The van der Waals surface area contributed by atoms with Crippen LogP contribution in [-0.2, 0) is 28.5 Å². The van der Waals surface area contributed by atoms with Gasteiger partial charge in [0, 0.05) is 12.8 Å². The van der Waals surface area contributed by atoms with Crippen molar-refractivity contribution in [2.24, 2.45) is 0 Å². The van der Waals surface area contributed by atoms with E-state index in [2.05, 4.69) is 74.6 Å². The zero-order valence-corrected chi connectivity index (χ0v) is 30.6. The molecule has 1 aliphatic rings. The Balaban J connectivity index is 2.46. The van der Waals surface area contributed by atoms with Gasteiger partial charge in [-0.2, -0.15) is 0 Å². The number of hydrogen-bond donors (Lipinski definition) is 4. The van der Waals surface area contributed by atoms with E-state index in [9.17, 15) is 30.0 Å². The first-order valence-corrected chi connectivity index (χ1v) is 18.9. The second-order valence-electron chi connectivity index (χ2n) is 12.6. The second kappa shape index (κ2) is 31.2. The van der Waals surface area contributed by atoms with E-state index in [1.807, 2.05) is 0 Å². The van der Waals surface area contributed by atoms with E-state index in [-0.39, 0.29) is 26.1 Å². The normalized spacial score (nSPS) is 22.1. The predicted molar refractivity (Wildman–Crippen MR) is 196 cm³/mol. The number of rotatable bonds is 29. The summed E-state index contributed by atoms with van der Waals surface area (Å²) in [5, 5.41) is 39.9. The van der Waals surface area contributed by atoms with Crippen LogP contribution in [0, 0.1) is 0 Å². The van der Waals surface area contributed by atoms with Crippen LogP contribution in [0.3, 0.4) is 0 Å². The minimum atomic E-state index is -1.60. The van der Waals surface area contributed by atoms with Crippen molar-refractivity contribution in [2.75, 3.05) is 19.8 Å². The summed E-state index contributed by atoms with van der Waals surface area (Å²) in [5.74, 6) is -0.877. The average Bonchev–Trinajstić information content (AvgIpc) is 3.11. The maximum Gasteiger partial charge on any atom is 0.306 e. The van der Waals surface area contributed by atoms with E-state index >= 15 is 0 Å². The number of ether oxygens (including phenoxy) is 4. The van der Waals surface area contributed by atoms with E-state index < -0.39 is 55.4 Å². The summed E-state index contributed by atoms with van der Waals surface area (Å²) < 4.78 is 22.0. The molecule has 286 valence electrons. The van der Waals surface area contributed by atoms with Crippen molar-refractivity contribution in [1.29, 1.82) is 0 Å². The lowest BCUT2D eigenvalue weighted by Crippen LogP contribution is -2.59. The fourth-order valence-corrected chi connectivity index (χ4v) is 5.12. The fourth-order valence-electron chi connectivity index (χ4n) is 5.12. The van der Waals surface area contributed by atoms with Crippen molar-refractivity contribution in [3.05, 3.63) is 60.8 Å². The largest absolute Gasteiger partial charge is 0.462 e. The van der Waals surface area contributed by atoms with Crippen LogP contribution in [0.25, 0.3) is 0 Å². The maximum absolute atomic E-state index is 12.7. The van der Waals surface area contributed by atoms with Gasteiger partial charge in [0.05, 0.1) is 13.2 Å². The summed E-state index contributed by atoms with van der Waals surface area (Å²) >= 11 is 0. The van der Waals surface area contributed by atoms with Gasteiger partial charge in [-0.15, -0.1) is 0 Å². The molecule has 0 spiro atoms. The van der Waals surface area contributed by atoms with Crippen LogP contribution in [0.1, 0.15) is 123 Å². The van der Waals surface area contributed by atoms with Crippen LogP contribution >= 0.6 is 0 Å². The van der Waals surface area contributed by atoms with Crippen molar-refractivity contribution in [1.82, 2.24) is 0 Å². The SMILES string of the molecule is CC/C=C\C/C=C\C/C=C\C/C=C\CCCCC(=O)OC(COC(=O)CCCCCCC/C=C\CCC)COC1OC(CO)C(O)C(O)C1O. The molecule has 0 aliphatic carbocycles. The molecule has 0 aromatic heterocycles. The highest BCUT2D eigenvalue weighted by Crippen LogP contribution is 2.22. The van der Waals surface area contributed by atoms with Crippen molar-refractivity contribution >= 4 is 11.9 Å². The Labute approximate surface area is 300 Å². The molecule has 0 bridgehead atoms. The van der Waals surface area contributed by atoms with Crippen molar-refractivity contribution in [3.63, 3.8) is 0 Å². The van der Waals surface area contributed by atoms with Crippen LogP contribution in [0.5, 0.6) is 0 Å². The average molecular weight is 707 g/mol. The highest BCUT2D eigenvalue weighted by Gasteiger charge is 2.44. The highest BCUT2D eigenvalue weighted by molar-refractivity contribution is 5.70. The Hall–Kier alpha value is -2.60. The van der Waals surface area contributed by atoms with Gasteiger partial charge in [0.25, 0.3) is 0 Å². The quantitative estimate of drug-likeness (QED) is 0.0375. The molecule has 4 N–H and O–H groups in total. The molecule has 50 heavy (non-hydrogen) atoms. The standard InChI is InChI=1S/C40H66O10/c1-3-5-7-9-11-13-15-16-17-18-19-21-23-25-27-29-36(43)49-33(32-48-40-39(46)38(45)37(44)34(30-41)50-40)31-47-35(42)28-26-24-22-20-14-12-10-8-6-4-2/h5,7-8,10-11,13,16-17,19,21,33-34,37-41,44-46H,3-4,6,9,12,14-15,18,20,22-32H2,1-2H3/b7-5-,10-8-,13-11-,17-16-,21-19-. The number of allylic oxidation sites excluding steroid dienone is 10. The smallest absolute Gasteiger partial charge is 0.306 e. The van der Waals surface area contributed by atoms with Gasteiger partial charge in [-0.25, -0.2) is 0 Å². The summed E-state index contributed by atoms with van der Waals surface area (Å²) in [6.45, 7) is 3.15. The van der Waals surface area contributed by atoms with Crippen molar-refractivity contribution < 1.29 is 49.0 Å². The first-order valence-electron chi connectivity index (χ1n) is 18.9. The lowest BCUT2D eigenvalue weighted by atomic mass is 9.99. The summed E-state index contributed by atoms with van der Waals surface area (Å²) in [5.41, 5.74) is 0. The maximum atomic E-state index is 12.7. The van der Waals surface area contributed by atoms with Gasteiger partial charge in [-0.1, -0.05) is 100 Å². The van der Waals surface area contributed by atoms with Crippen LogP contribution in [-0.4, -0.2) is 89.0 Å². The summed E-state index contributed by atoms with van der Waals surface area (Å²) in [4.78, 5) is 25.1. The Morgan fingerprint density at radius 1 is 0.640 bits per heavy atom. The first-order chi connectivity index (χ1) is 24.3. The Morgan fingerprint density at radius 3 is 1.84 bits per heavy atom. The molecule has 0 aromatic carbocycles. The molecule has 6 atom stereocenters. The molecule has 0 radical (unpaired) electrons. The monoisotopic (exact) mass is 706 g/mol. The number of carbonyl (C=O) groups excluding carboxylic acids is 2. The van der Waals surface area contributed by atoms with Gasteiger partial charge in [0.1, 0.15) is 31.0 Å². The van der Waals surface area contributed by atoms with Gasteiger partial charge >= 0.3 is 11.9 Å². The van der Waals surface area contributed by atoms with Crippen LogP contribution < -0.4 is 0 Å². The minimum absolute atomic E-state index is 0.173. The number of carbonyl (C=O) groups is 2. The van der Waals surface area contributed by atoms with Crippen LogP contribution in [0.4, 0.5) is 0 Å². The zero-order chi connectivity index (χ0) is 36.7. The topological polar surface area (TPSA) is 152 Å². The summed E-state index contributed by atoms with van der Waals surface area (Å²) in [7, 11) is 0. The third kappa shape index (κ3) is 23.0. The van der Waals surface area contributed by atoms with Gasteiger partial charge < -0.3 is 39.4 Å². The van der Waals surface area contributed by atoms with Gasteiger partial charge in [0.2, 0.25) is 0 Å². The molecule has 10 heteroatoms. The molecule has 10 nitrogen and oxygen atoms in total. The molecule has 6 unspecified atom stereocenters. The Bertz CT molecular complexity index is 1000. The molecule has 1 rings (SSSR count). The number of aliphatic hydroxyl groups is 4. The van der Waals surface area contributed by atoms with E-state index in [4.69, 9.17) is 18.9 Å². The number of unbranched alkanes of at least 4 members (excludes halogenated alkanes) is 8. The van der Waals surface area contributed by atoms with E-state index in [1.54, 1.807) is 0 Å². The summed E-state index contributed by atoms with van der Waals surface area (Å²) in [6.07, 6.45) is 28.1. The molecule has 1 heterocycles. The first kappa shape index (κ1) is 45.4. The lowest BCUT2D eigenvalue weighted by Gasteiger charge is -2.39. The van der Waals surface area contributed by atoms with E-state index in [1.165, 1.54) is 0 Å². The van der Waals surface area contributed by atoms with Crippen molar-refractivity contribution in [3.8, 4) is 0 Å². The number of aliphatic hydroxyl groups excluding tert-OH is 4. The van der Waals surface area contributed by atoms with Gasteiger partial charge in [0.15, 0.2) is 12.4 Å². The second-order valence-corrected chi connectivity index (χ2v) is 12.6. The fraction of sp³-hybridized carbons (Fsp3) is 0.700. The minimum Gasteiger partial charge on any atom is -0.462 e. The number of hydrogen-bond acceptors (Lipinski definition) is 10. The summed E-state index contributed by atoms with van der Waals surface area (Å²) in [6, 6.07) is 0. The molecular formula is C40H66O10. The highest BCUT2D eigenvalue weighted by atomic mass is 16.7. The Kier molecular flexibility index (Phi) is 28.3. The van der Waals surface area contributed by atoms with Gasteiger partial charge in [-0.05, 0) is 70.6 Å². The molecule has 0 amide bonds. The predicted octanol–water partition coefficient (Wildman–Crippen LogP) is 6.71. The number of esters is 2. The lowest BCUT2D eigenvalue weighted by molar-refractivity contribution is -0.305. The third-order valence-electron chi connectivity index (χ3n) is 8.12. The van der Waals surface area contributed by atoms with Crippen molar-refractivity contribution in [2.45, 2.75) is 160 Å². The zero-order valence-electron chi connectivity index (χ0n) is 30.6. The molecular weight excluding hydrogens is 640 g/mol. The molecule has 0 aromatic rings. The third-order valence-corrected chi connectivity index (χ3v) is 8.12. The van der Waals surface area contributed by atoms with Crippen LogP contribution in [0.2, 0.25) is 0 Å². The molecule has 0 saturated carbocycles. The van der Waals surface area contributed by atoms with Crippen LogP contribution in [0.15, 0.2) is 60.8 Å². The Morgan fingerprint density at radius 2 is 1.18 bits per heavy atom. The molecule has 1 saturated heterocycles. The van der Waals surface area contributed by atoms with Gasteiger partial charge in [-0.3, -0.25) is 9.59 Å². The van der Waals surface area contributed by atoms with E-state index in [0.29, 0.717) is 12.8 Å². The molecule has 1 aliphatic heterocycles.